The Kier molecular flexibility index (Phi) is 3.74. The van der Waals surface area contributed by atoms with Gasteiger partial charge in [0.25, 0.3) is 0 Å². The second-order valence-electron chi connectivity index (χ2n) is 3.37. The molecule has 0 aromatic heterocycles. The van der Waals surface area contributed by atoms with E-state index in [1.807, 2.05) is 19.1 Å². The van der Waals surface area contributed by atoms with Gasteiger partial charge in [0.1, 0.15) is 5.75 Å². The molecule has 4 heteroatoms. The van der Waals surface area contributed by atoms with Crippen LogP contribution in [-0.4, -0.2) is 18.2 Å². The third kappa shape index (κ3) is 2.31. The molecule has 1 aromatic carbocycles. The van der Waals surface area contributed by atoms with Gasteiger partial charge in [-0.05, 0) is 47.0 Å². The monoisotopic (exact) mass is 272 g/mol. The van der Waals surface area contributed by atoms with E-state index in [9.17, 15) is 4.79 Å². The zero-order valence-electron chi connectivity index (χ0n) is 8.87. The number of carboxylic acids is 1. The first kappa shape index (κ1) is 12.0. The largest absolute Gasteiger partial charge is 0.496 e. The SMILES string of the molecule is COc1ccc(C)c(C(C)C(=O)O)c1Br. The number of benzene rings is 1. The molecule has 15 heavy (non-hydrogen) atoms. The number of hydrogen-bond donors (Lipinski definition) is 1. The first-order chi connectivity index (χ1) is 6.99. The molecule has 0 radical (unpaired) electrons. The van der Waals surface area contributed by atoms with Crippen molar-refractivity contribution in [2.45, 2.75) is 19.8 Å². The van der Waals surface area contributed by atoms with E-state index in [-0.39, 0.29) is 0 Å². The number of aliphatic carboxylic acids is 1. The van der Waals surface area contributed by atoms with Gasteiger partial charge < -0.3 is 9.84 Å². The van der Waals surface area contributed by atoms with E-state index in [1.165, 1.54) is 0 Å². The van der Waals surface area contributed by atoms with Crippen LogP contribution in [0.25, 0.3) is 0 Å². The Morgan fingerprint density at radius 3 is 2.60 bits per heavy atom. The second kappa shape index (κ2) is 4.66. The molecule has 3 nitrogen and oxygen atoms in total. The van der Waals surface area contributed by atoms with Crippen LogP contribution in [0, 0.1) is 6.92 Å². The van der Waals surface area contributed by atoms with Gasteiger partial charge in [0, 0.05) is 0 Å². The van der Waals surface area contributed by atoms with Crippen LogP contribution in [0.1, 0.15) is 24.0 Å². The number of aryl methyl sites for hydroxylation is 1. The maximum atomic E-state index is 10.9. The number of carboxylic acid groups (broad SMARTS) is 1. The summed E-state index contributed by atoms with van der Waals surface area (Å²) in [4.78, 5) is 10.9. The van der Waals surface area contributed by atoms with Gasteiger partial charge in [0.2, 0.25) is 0 Å². The fourth-order valence-electron chi connectivity index (χ4n) is 1.48. The van der Waals surface area contributed by atoms with Crippen molar-refractivity contribution < 1.29 is 14.6 Å². The average molecular weight is 273 g/mol. The highest BCUT2D eigenvalue weighted by molar-refractivity contribution is 9.10. The Bertz CT molecular complexity index is 388. The predicted octanol–water partition coefficient (Wildman–Crippen LogP) is 2.95. The van der Waals surface area contributed by atoms with Crippen molar-refractivity contribution in [2.75, 3.05) is 7.11 Å². The van der Waals surface area contributed by atoms with E-state index in [4.69, 9.17) is 9.84 Å². The van der Waals surface area contributed by atoms with E-state index in [0.717, 1.165) is 15.6 Å². The quantitative estimate of drug-likeness (QED) is 0.920. The van der Waals surface area contributed by atoms with Gasteiger partial charge >= 0.3 is 5.97 Å². The van der Waals surface area contributed by atoms with Crippen LogP contribution in [-0.2, 0) is 4.79 Å². The van der Waals surface area contributed by atoms with Crippen molar-refractivity contribution in [1.29, 1.82) is 0 Å². The smallest absolute Gasteiger partial charge is 0.310 e. The van der Waals surface area contributed by atoms with Gasteiger partial charge in [-0.3, -0.25) is 4.79 Å². The molecule has 1 N–H and O–H groups in total. The van der Waals surface area contributed by atoms with Crippen molar-refractivity contribution in [2.24, 2.45) is 0 Å². The fraction of sp³-hybridized carbons (Fsp3) is 0.364. The minimum absolute atomic E-state index is 0.547. The fourth-order valence-corrected chi connectivity index (χ4v) is 2.43. The summed E-state index contributed by atoms with van der Waals surface area (Å²) >= 11 is 3.37. The van der Waals surface area contributed by atoms with Crippen LogP contribution < -0.4 is 4.74 Å². The van der Waals surface area contributed by atoms with Crippen LogP contribution in [0.2, 0.25) is 0 Å². The molecule has 0 aliphatic rings. The molecule has 0 saturated carbocycles. The predicted molar refractivity (Wildman–Crippen MR) is 61.5 cm³/mol. The lowest BCUT2D eigenvalue weighted by molar-refractivity contribution is -0.138. The molecule has 1 rings (SSSR count). The molecule has 0 saturated heterocycles. The molecule has 0 heterocycles. The van der Waals surface area contributed by atoms with Crippen molar-refractivity contribution in [3.63, 3.8) is 0 Å². The molecule has 0 spiro atoms. The van der Waals surface area contributed by atoms with Gasteiger partial charge in [0.15, 0.2) is 0 Å². The standard InChI is InChI=1S/C11H13BrO3/c1-6-4-5-8(15-3)10(12)9(6)7(2)11(13)14/h4-5,7H,1-3H3,(H,13,14). The first-order valence-corrected chi connectivity index (χ1v) is 5.34. The minimum atomic E-state index is -0.841. The van der Waals surface area contributed by atoms with Crippen molar-refractivity contribution in [3.8, 4) is 5.75 Å². The molecule has 1 unspecified atom stereocenters. The lowest BCUT2D eigenvalue weighted by Crippen LogP contribution is -2.10. The molecule has 1 atom stereocenters. The summed E-state index contributed by atoms with van der Waals surface area (Å²) in [6.45, 7) is 3.55. The number of carbonyl (C=O) groups is 1. The Balaban J connectivity index is 3.32. The highest BCUT2D eigenvalue weighted by Gasteiger charge is 2.20. The van der Waals surface area contributed by atoms with E-state index < -0.39 is 11.9 Å². The topological polar surface area (TPSA) is 46.5 Å². The molecule has 0 amide bonds. The summed E-state index contributed by atoms with van der Waals surface area (Å²) in [7, 11) is 1.56. The third-order valence-corrected chi connectivity index (χ3v) is 3.20. The summed E-state index contributed by atoms with van der Waals surface area (Å²) in [5.41, 5.74) is 1.71. The van der Waals surface area contributed by atoms with Crippen molar-refractivity contribution >= 4 is 21.9 Å². The third-order valence-electron chi connectivity index (χ3n) is 2.39. The lowest BCUT2D eigenvalue weighted by Gasteiger charge is -2.15. The van der Waals surface area contributed by atoms with E-state index in [0.29, 0.717) is 5.75 Å². The lowest BCUT2D eigenvalue weighted by atomic mass is 9.96. The van der Waals surface area contributed by atoms with Crippen LogP contribution >= 0.6 is 15.9 Å². The molecule has 82 valence electrons. The highest BCUT2D eigenvalue weighted by atomic mass is 79.9. The van der Waals surface area contributed by atoms with Crippen molar-refractivity contribution in [3.05, 3.63) is 27.7 Å². The molecule has 0 aliphatic carbocycles. The Labute approximate surface area is 97.2 Å². The van der Waals surface area contributed by atoms with E-state index in [1.54, 1.807) is 14.0 Å². The highest BCUT2D eigenvalue weighted by Crippen LogP contribution is 2.35. The van der Waals surface area contributed by atoms with Crippen LogP contribution in [0.4, 0.5) is 0 Å². The van der Waals surface area contributed by atoms with E-state index in [2.05, 4.69) is 15.9 Å². The molecular formula is C11H13BrO3. The van der Waals surface area contributed by atoms with Crippen LogP contribution in [0.5, 0.6) is 5.75 Å². The van der Waals surface area contributed by atoms with Gasteiger partial charge in [-0.1, -0.05) is 6.07 Å². The van der Waals surface area contributed by atoms with Crippen LogP contribution in [0.3, 0.4) is 0 Å². The van der Waals surface area contributed by atoms with Crippen molar-refractivity contribution in [1.82, 2.24) is 0 Å². The number of rotatable bonds is 3. The van der Waals surface area contributed by atoms with Gasteiger partial charge in [-0.25, -0.2) is 0 Å². The van der Waals surface area contributed by atoms with Crippen LogP contribution in [0.15, 0.2) is 16.6 Å². The summed E-state index contributed by atoms with van der Waals surface area (Å²) in [5, 5.41) is 8.99. The minimum Gasteiger partial charge on any atom is -0.496 e. The molecule has 0 aliphatic heterocycles. The number of ether oxygens (including phenoxy) is 1. The number of hydrogen-bond acceptors (Lipinski definition) is 2. The van der Waals surface area contributed by atoms with Gasteiger partial charge in [-0.2, -0.15) is 0 Å². The number of halogens is 1. The Hall–Kier alpha value is -1.03. The van der Waals surface area contributed by atoms with Gasteiger partial charge in [-0.15, -0.1) is 0 Å². The Morgan fingerprint density at radius 1 is 1.53 bits per heavy atom. The maximum Gasteiger partial charge on any atom is 0.310 e. The number of methoxy groups -OCH3 is 1. The molecule has 1 aromatic rings. The Morgan fingerprint density at radius 2 is 2.13 bits per heavy atom. The normalized spacial score (nSPS) is 12.3. The summed E-state index contributed by atoms with van der Waals surface area (Å²) < 4.78 is 5.85. The zero-order chi connectivity index (χ0) is 11.6. The molecule has 0 fully saturated rings. The molecule has 0 bridgehead atoms. The second-order valence-corrected chi connectivity index (χ2v) is 4.17. The molecular weight excluding hydrogens is 260 g/mol. The zero-order valence-corrected chi connectivity index (χ0v) is 10.5. The summed E-state index contributed by atoms with van der Waals surface area (Å²) in [5.74, 6) is -0.731. The first-order valence-electron chi connectivity index (χ1n) is 4.54. The van der Waals surface area contributed by atoms with Gasteiger partial charge in [0.05, 0.1) is 17.5 Å². The average Bonchev–Trinajstić information content (AvgIpc) is 2.17. The summed E-state index contributed by atoms with van der Waals surface area (Å²) in [6.07, 6.45) is 0. The maximum absolute atomic E-state index is 10.9. The summed E-state index contributed by atoms with van der Waals surface area (Å²) in [6, 6.07) is 3.68. The van der Waals surface area contributed by atoms with E-state index >= 15 is 0 Å².